The van der Waals surface area contributed by atoms with Gasteiger partial charge in [-0.2, -0.15) is 11.8 Å². The summed E-state index contributed by atoms with van der Waals surface area (Å²) in [5.41, 5.74) is 0. The molecule has 0 aromatic heterocycles. The minimum atomic E-state index is -0.299. The van der Waals surface area contributed by atoms with Gasteiger partial charge in [0, 0.05) is 30.5 Å². The van der Waals surface area contributed by atoms with Crippen LogP contribution in [0.2, 0.25) is 0 Å². The molecule has 0 aromatic carbocycles. The molecule has 11 heteroatoms. The Bertz CT molecular complexity index is 510. The number of rotatable bonds is 13. The van der Waals surface area contributed by atoms with Gasteiger partial charge in [0.1, 0.15) is 6.61 Å². The second-order valence-electron chi connectivity index (χ2n) is 6.49. The van der Waals surface area contributed by atoms with Crippen LogP contribution in [-0.2, 0) is 19.2 Å². The minimum Gasteiger partial charge on any atom is -0.378 e. The second-order valence-corrected chi connectivity index (χ2v) is 7.76. The number of fused-ring (bicyclic) bond motifs is 1. The highest BCUT2D eigenvalue weighted by atomic mass is 32.2. The number of nitrogens with two attached hydrogens (primary N) is 1. The molecule has 0 aliphatic carbocycles. The maximum absolute atomic E-state index is 11.8. The van der Waals surface area contributed by atoms with Crippen LogP contribution in [0.4, 0.5) is 4.79 Å². The van der Waals surface area contributed by atoms with E-state index in [0.29, 0.717) is 38.0 Å². The predicted molar refractivity (Wildman–Crippen MR) is 101 cm³/mol. The van der Waals surface area contributed by atoms with E-state index in [0.717, 1.165) is 25.0 Å². The monoisotopic (exact) mass is 403 g/mol. The lowest BCUT2D eigenvalue weighted by Gasteiger charge is -2.16. The minimum absolute atomic E-state index is 0.0137. The fraction of sp³-hybridized carbons (Fsp3) is 0.812. The smallest absolute Gasteiger partial charge is 0.315 e. The van der Waals surface area contributed by atoms with Crippen molar-refractivity contribution in [2.75, 3.05) is 38.7 Å². The van der Waals surface area contributed by atoms with Gasteiger partial charge in [-0.1, -0.05) is 6.42 Å². The van der Waals surface area contributed by atoms with Gasteiger partial charge in [0.2, 0.25) is 11.8 Å². The van der Waals surface area contributed by atoms with Gasteiger partial charge >= 0.3 is 6.03 Å². The van der Waals surface area contributed by atoms with Gasteiger partial charge in [-0.3, -0.25) is 14.4 Å². The van der Waals surface area contributed by atoms with Crippen LogP contribution in [0.3, 0.4) is 0 Å². The highest BCUT2D eigenvalue weighted by molar-refractivity contribution is 8.00. The van der Waals surface area contributed by atoms with E-state index in [2.05, 4.69) is 26.1 Å². The first-order valence-corrected chi connectivity index (χ1v) is 10.3. The summed E-state index contributed by atoms with van der Waals surface area (Å²) in [6.45, 7) is 1.39. The fourth-order valence-corrected chi connectivity index (χ4v) is 4.66. The summed E-state index contributed by atoms with van der Waals surface area (Å²) in [7, 11) is 0. The molecule has 0 bridgehead atoms. The Morgan fingerprint density at radius 3 is 2.63 bits per heavy atom. The van der Waals surface area contributed by atoms with Crippen LogP contribution in [0.1, 0.15) is 25.7 Å². The molecule has 2 aliphatic rings. The summed E-state index contributed by atoms with van der Waals surface area (Å²) in [5, 5.41) is 11.7. The zero-order valence-electron chi connectivity index (χ0n) is 15.3. The number of urea groups is 1. The summed E-state index contributed by atoms with van der Waals surface area (Å²) in [5.74, 6) is 5.45. The maximum Gasteiger partial charge on any atom is 0.315 e. The van der Waals surface area contributed by atoms with Crippen LogP contribution in [0.25, 0.3) is 0 Å². The molecule has 0 radical (unpaired) electrons. The first kappa shape index (κ1) is 21.7. The van der Waals surface area contributed by atoms with Crippen molar-refractivity contribution in [1.29, 1.82) is 0 Å². The molecule has 0 aromatic rings. The molecule has 6 N–H and O–H groups in total. The van der Waals surface area contributed by atoms with Crippen molar-refractivity contribution >= 4 is 29.6 Å². The SMILES string of the molecule is NOCC(=O)NCCOCCNC(=O)CCCCC1SC[C@@H]2NC(=O)N[C@H]12. The highest BCUT2D eigenvalue weighted by Crippen LogP contribution is 2.33. The molecule has 10 nitrogen and oxygen atoms in total. The van der Waals surface area contributed by atoms with E-state index in [-0.39, 0.29) is 36.5 Å². The van der Waals surface area contributed by atoms with Crippen LogP contribution in [0.15, 0.2) is 0 Å². The zero-order chi connectivity index (χ0) is 19.5. The van der Waals surface area contributed by atoms with Crippen LogP contribution >= 0.6 is 11.8 Å². The summed E-state index contributed by atoms with van der Waals surface area (Å²) in [4.78, 5) is 38.4. The first-order chi connectivity index (χ1) is 13.1. The molecule has 2 aliphatic heterocycles. The quantitative estimate of drug-likeness (QED) is 0.148. The summed E-state index contributed by atoms with van der Waals surface area (Å²) in [6.07, 6.45) is 3.29. The van der Waals surface area contributed by atoms with Crippen LogP contribution in [-0.4, -0.2) is 73.8 Å². The van der Waals surface area contributed by atoms with Crippen molar-refractivity contribution in [2.45, 2.75) is 43.0 Å². The average Bonchev–Trinajstić information content (AvgIpc) is 3.17. The topological polar surface area (TPSA) is 144 Å². The lowest BCUT2D eigenvalue weighted by molar-refractivity contribution is -0.126. The zero-order valence-corrected chi connectivity index (χ0v) is 16.1. The van der Waals surface area contributed by atoms with E-state index in [4.69, 9.17) is 10.6 Å². The number of carbonyl (C=O) groups excluding carboxylic acids is 3. The molecule has 2 saturated heterocycles. The van der Waals surface area contributed by atoms with E-state index in [1.54, 1.807) is 0 Å². The third kappa shape index (κ3) is 7.91. The van der Waals surface area contributed by atoms with E-state index in [9.17, 15) is 14.4 Å². The average molecular weight is 404 g/mol. The largest absolute Gasteiger partial charge is 0.378 e. The maximum atomic E-state index is 11.8. The van der Waals surface area contributed by atoms with Crippen molar-refractivity contribution < 1.29 is 24.0 Å². The molecule has 27 heavy (non-hydrogen) atoms. The van der Waals surface area contributed by atoms with Crippen molar-refractivity contribution in [1.82, 2.24) is 21.3 Å². The summed E-state index contributed by atoms with van der Waals surface area (Å²) in [6, 6.07) is 0.406. The first-order valence-electron chi connectivity index (χ1n) is 9.21. The Morgan fingerprint density at radius 1 is 1.15 bits per heavy atom. The fourth-order valence-electron chi connectivity index (χ4n) is 3.12. The Kier molecular flexibility index (Phi) is 9.67. The van der Waals surface area contributed by atoms with Crippen molar-refractivity contribution in [3.8, 4) is 0 Å². The number of thioether (sulfide) groups is 1. The number of amides is 4. The number of unbranched alkanes of at least 4 members (excludes halogenated alkanes) is 1. The van der Waals surface area contributed by atoms with Gasteiger partial charge in [-0.15, -0.1) is 0 Å². The van der Waals surface area contributed by atoms with Crippen molar-refractivity contribution in [3.63, 3.8) is 0 Å². The lowest BCUT2D eigenvalue weighted by atomic mass is 10.0. The Balaban J connectivity index is 1.40. The number of carbonyl (C=O) groups is 3. The number of nitrogens with one attached hydrogen (secondary N) is 4. The van der Waals surface area contributed by atoms with Crippen LogP contribution in [0, 0.1) is 0 Å². The normalized spacial score (nSPS) is 23.4. The third-order valence-corrected chi connectivity index (χ3v) is 5.94. The van der Waals surface area contributed by atoms with Gasteiger partial charge in [0.25, 0.3) is 0 Å². The highest BCUT2D eigenvalue weighted by Gasteiger charge is 2.42. The number of hydrogen-bond donors (Lipinski definition) is 5. The molecule has 154 valence electrons. The van der Waals surface area contributed by atoms with Crippen LogP contribution < -0.4 is 27.2 Å². The van der Waals surface area contributed by atoms with Gasteiger partial charge in [0.05, 0.1) is 25.3 Å². The van der Waals surface area contributed by atoms with Crippen molar-refractivity contribution in [3.05, 3.63) is 0 Å². The molecule has 0 saturated carbocycles. The van der Waals surface area contributed by atoms with Gasteiger partial charge < -0.3 is 26.0 Å². The molecule has 2 rings (SSSR count). The van der Waals surface area contributed by atoms with Crippen molar-refractivity contribution in [2.24, 2.45) is 5.90 Å². The molecule has 2 heterocycles. The molecule has 0 spiro atoms. The lowest BCUT2D eigenvalue weighted by Crippen LogP contribution is -2.36. The van der Waals surface area contributed by atoms with E-state index in [1.807, 2.05) is 11.8 Å². The van der Waals surface area contributed by atoms with E-state index < -0.39 is 0 Å². The third-order valence-electron chi connectivity index (χ3n) is 4.43. The van der Waals surface area contributed by atoms with Gasteiger partial charge in [-0.25, -0.2) is 10.7 Å². The Morgan fingerprint density at radius 2 is 1.89 bits per heavy atom. The van der Waals surface area contributed by atoms with E-state index >= 15 is 0 Å². The van der Waals surface area contributed by atoms with Gasteiger partial charge in [0.15, 0.2) is 0 Å². The van der Waals surface area contributed by atoms with Crippen LogP contribution in [0.5, 0.6) is 0 Å². The molecule has 4 amide bonds. The molecule has 2 fully saturated rings. The van der Waals surface area contributed by atoms with Gasteiger partial charge in [-0.05, 0) is 12.8 Å². The second kappa shape index (κ2) is 12.0. The molecular formula is C16H29N5O5S. The Labute approximate surface area is 163 Å². The Hall–Kier alpha value is -1.56. The molecule has 3 atom stereocenters. The standard InChI is InChI=1S/C16H29N5O5S/c17-26-9-14(23)19-6-8-25-7-5-18-13(22)4-2-1-3-12-15-11(10-27-12)20-16(24)21-15/h11-12,15H,1-10,17H2,(H,18,22)(H,19,23)(H2,20,21,24)/t11-,12?,15-/m0/s1. The predicted octanol–water partition coefficient (Wildman–Crippen LogP) is -1.15. The number of hydrogen-bond acceptors (Lipinski definition) is 7. The number of ether oxygens (including phenoxy) is 1. The molecule has 1 unspecified atom stereocenters. The molecular weight excluding hydrogens is 374 g/mol. The summed E-state index contributed by atoms with van der Waals surface area (Å²) >= 11 is 1.89. The summed E-state index contributed by atoms with van der Waals surface area (Å²) < 4.78 is 5.31. The van der Waals surface area contributed by atoms with E-state index in [1.165, 1.54) is 0 Å².